The monoisotopic (exact) mass is 446 g/mol. The molecular weight excluding hydrogens is 427 g/mol. The van der Waals surface area contributed by atoms with E-state index >= 15 is 0 Å². The zero-order valence-corrected chi connectivity index (χ0v) is 17.9. The van der Waals surface area contributed by atoms with E-state index < -0.39 is 22.6 Å². The highest BCUT2D eigenvalue weighted by molar-refractivity contribution is 7.89. The van der Waals surface area contributed by atoms with Gasteiger partial charge in [0, 0.05) is 30.5 Å². The number of Topliss-reactive ketones (excluding diaryl/α,β-unsaturated/α-hetero) is 1. The molecule has 0 aliphatic carbocycles. The van der Waals surface area contributed by atoms with E-state index in [1.165, 1.54) is 18.2 Å². The highest BCUT2D eigenvalue weighted by Gasteiger charge is 2.22. The van der Waals surface area contributed by atoms with Crippen LogP contribution in [0.1, 0.15) is 28.2 Å². The molecule has 2 rings (SSSR count). The molecule has 0 amide bonds. The van der Waals surface area contributed by atoms with Crippen LogP contribution in [-0.4, -0.2) is 37.9 Å². The summed E-state index contributed by atoms with van der Waals surface area (Å²) in [6, 6.07) is 6.05. The maximum atomic E-state index is 12.3. The standard InChI is InChI=1S/C18H20Cl2N2O5S/c1-11-9-13(12(2)22(11)3)16(23)10-27-17(24)7-8-21-28(25,26)18-14(19)5-4-6-15(18)20/h4-6,9,21H,7-8,10H2,1-3H3. The zero-order valence-electron chi connectivity index (χ0n) is 15.6. The van der Waals surface area contributed by atoms with Crippen molar-refractivity contribution in [3.63, 3.8) is 0 Å². The van der Waals surface area contributed by atoms with E-state index in [9.17, 15) is 18.0 Å². The minimum atomic E-state index is -3.99. The van der Waals surface area contributed by atoms with Gasteiger partial charge in [-0.2, -0.15) is 0 Å². The van der Waals surface area contributed by atoms with Crippen LogP contribution >= 0.6 is 23.2 Å². The van der Waals surface area contributed by atoms with Gasteiger partial charge in [-0.15, -0.1) is 0 Å². The molecular formula is C18H20Cl2N2O5S. The van der Waals surface area contributed by atoms with Crippen LogP contribution in [0, 0.1) is 13.8 Å². The smallest absolute Gasteiger partial charge is 0.307 e. The number of halogens is 2. The Morgan fingerprint density at radius 2 is 1.79 bits per heavy atom. The largest absolute Gasteiger partial charge is 0.457 e. The molecule has 152 valence electrons. The molecule has 0 fully saturated rings. The van der Waals surface area contributed by atoms with E-state index in [1.807, 2.05) is 18.5 Å². The quantitative estimate of drug-likeness (QED) is 0.496. The van der Waals surface area contributed by atoms with Gasteiger partial charge in [0.05, 0.1) is 16.5 Å². The molecule has 1 aromatic heterocycles. The lowest BCUT2D eigenvalue weighted by Gasteiger charge is -2.10. The van der Waals surface area contributed by atoms with Crippen molar-refractivity contribution < 1.29 is 22.7 Å². The number of ketones is 1. The summed E-state index contributed by atoms with van der Waals surface area (Å²) in [5.41, 5.74) is 2.18. The van der Waals surface area contributed by atoms with Crippen molar-refractivity contribution >= 4 is 45.0 Å². The molecule has 0 radical (unpaired) electrons. The van der Waals surface area contributed by atoms with Crippen LogP contribution in [0.2, 0.25) is 10.0 Å². The lowest BCUT2D eigenvalue weighted by Crippen LogP contribution is -2.27. The van der Waals surface area contributed by atoms with Crippen molar-refractivity contribution in [1.29, 1.82) is 0 Å². The van der Waals surface area contributed by atoms with Crippen LogP contribution in [0.25, 0.3) is 0 Å². The molecule has 0 atom stereocenters. The van der Waals surface area contributed by atoms with E-state index in [0.717, 1.165) is 11.4 Å². The number of carbonyl (C=O) groups excluding carboxylic acids is 2. The molecule has 0 spiro atoms. The fourth-order valence-electron chi connectivity index (χ4n) is 2.53. The third-order valence-electron chi connectivity index (χ3n) is 4.25. The topological polar surface area (TPSA) is 94.5 Å². The molecule has 2 aromatic rings. The van der Waals surface area contributed by atoms with Gasteiger partial charge in [-0.1, -0.05) is 29.3 Å². The summed E-state index contributed by atoms with van der Waals surface area (Å²) in [4.78, 5) is 23.8. The first-order chi connectivity index (χ1) is 13.0. The first-order valence-corrected chi connectivity index (χ1v) is 10.5. The van der Waals surface area contributed by atoms with E-state index in [-0.39, 0.29) is 33.7 Å². The second-order valence-corrected chi connectivity index (χ2v) is 8.64. The number of hydrogen-bond acceptors (Lipinski definition) is 5. The minimum absolute atomic E-state index is 0.0262. The molecule has 1 N–H and O–H groups in total. The van der Waals surface area contributed by atoms with Gasteiger partial charge in [-0.3, -0.25) is 9.59 Å². The Bertz CT molecular complexity index is 995. The van der Waals surface area contributed by atoms with Crippen molar-refractivity contribution in [3.05, 3.63) is 51.3 Å². The number of hydrogen-bond donors (Lipinski definition) is 1. The maximum Gasteiger partial charge on any atom is 0.307 e. The number of aromatic nitrogens is 1. The number of carbonyl (C=O) groups is 2. The van der Waals surface area contributed by atoms with E-state index in [1.54, 1.807) is 13.0 Å². The number of nitrogens with zero attached hydrogens (tertiary/aromatic N) is 1. The lowest BCUT2D eigenvalue weighted by molar-refractivity contribution is -0.142. The van der Waals surface area contributed by atoms with Crippen LogP contribution < -0.4 is 4.72 Å². The van der Waals surface area contributed by atoms with Gasteiger partial charge in [0.15, 0.2) is 6.61 Å². The van der Waals surface area contributed by atoms with Crippen LogP contribution in [0.4, 0.5) is 0 Å². The highest BCUT2D eigenvalue weighted by atomic mass is 35.5. The van der Waals surface area contributed by atoms with Gasteiger partial charge in [0.25, 0.3) is 0 Å². The van der Waals surface area contributed by atoms with E-state index in [4.69, 9.17) is 27.9 Å². The number of nitrogens with one attached hydrogen (secondary N) is 1. The van der Waals surface area contributed by atoms with Gasteiger partial charge >= 0.3 is 5.97 Å². The molecule has 10 heteroatoms. The van der Waals surface area contributed by atoms with E-state index in [0.29, 0.717) is 5.56 Å². The molecule has 0 saturated heterocycles. The van der Waals surface area contributed by atoms with Gasteiger partial charge in [-0.05, 0) is 32.0 Å². The van der Waals surface area contributed by atoms with Gasteiger partial charge in [0.1, 0.15) is 4.90 Å². The number of ether oxygens (including phenoxy) is 1. The summed E-state index contributed by atoms with van der Waals surface area (Å²) >= 11 is 11.8. The number of esters is 1. The number of benzene rings is 1. The molecule has 7 nitrogen and oxygen atoms in total. The predicted molar refractivity (Wildman–Crippen MR) is 106 cm³/mol. The van der Waals surface area contributed by atoms with Crippen molar-refractivity contribution in [2.75, 3.05) is 13.2 Å². The van der Waals surface area contributed by atoms with Crippen molar-refractivity contribution in [2.45, 2.75) is 25.2 Å². The Kier molecular flexibility index (Phi) is 7.28. The summed E-state index contributed by atoms with van der Waals surface area (Å²) in [6.07, 6.45) is -0.249. The Balaban J connectivity index is 1.87. The molecule has 1 heterocycles. The summed E-state index contributed by atoms with van der Waals surface area (Å²) in [6.45, 7) is 3.04. The SMILES string of the molecule is Cc1cc(C(=O)COC(=O)CCNS(=O)(=O)c2c(Cl)cccc2Cl)c(C)n1C. The fourth-order valence-corrected chi connectivity index (χ4v) is 4.70. The van der Waals surface area contributed by atoms with Crippen LogP contribution in [0.5, 0.6) is 0 Å². The summed E-state index contributed by atoms with van der Waals surface area (Å²) in [7, 11) is -2.15. The molecule has 1 aromatic carbocycles. The molecule has 0 aliphatic heterocycles. The predicted octanol–water partition coefficient (Wildman–Crippen LogP) is 3.04. The van der Waals surface area contributed by atoms with Crippen molar-refractivity contribution in [1.82, 2.24) is 9.29 Å². The third-order valence-corrected chi connectivity index (χ3v) is 6.66. The van der Waals surface area contributed by atoms with Crippen molar-refractivity contribution in [3.8, 4) is 0 Å². The number of aryl methyl sites for hydroxylation is 1. The van der Waals surface area contributed by atoms with Gasteiger partial charge in [-0.25, -0.2) is 13.1 Å². The maximum absolute atomic E-state index is 12.3. The molecule has 28 heavy (non-hydrogen) atoms. The Morgan fingerprint density at radius 1 is 1.18 bits per heavy atom. The zero-order chi connectivity index (χ0) is 21.1. The average Bonchev–Trinajstić information content (AvgIpc) is 2.86. The normalized spacial score (nSPS) is 11.5. The second-order valence-electron chi connectivity index (χ2n) is 6.13. The molecule has 0 saturated carbocycles. The van der Waals surface area contributed by atoms with Gasteiger partial charge in [0.2, 0.25) is 15.8 Å². The summed E-state index contributed by atoms with van der Waals surface area (Å²) in [5, 5.41) is -0.0524. The number of sulfonamides is 1. The lowest BCUT2D eigenvalue weighted by atomic mass is 10.1. The average molecular weight is 447 g/mol. The second kappa shape index (κ2) is 9.09. The molecule has 0 aliphatic rings. The first kappa shape index (κ1) is 22.4. The Morgan fingerprint density at radius 3 is 2.32 bits per heavy atom. The third kappa shape index (κ3) is 5.14. The molecule has 0 bridgehead atoms. The summed E-state index contributed by atoms with van der Waals surface area (Å²) < 4.78 is 33.6. The fraction of sp³-hybridized carbons (Fsp3) is 0.333. The van der Waals surface area contributed by atoms with Crippen LogP contribution in [-0.2, 0) is 26.6 Å². The van der Waals surface area contributed by atoms with Gasteiger partial charge < -0.3 is 9.30 Å². The first-order valence-electron chi connectivity index (χ1n) is 8.30. The minimum Gasteiger partial charge on any atom is -0.457 e. The van der Waals surface area contributed by atoms with Crippen molar-refractivity contribution in [2.24, 2.45) is 7.05 Å². The Labute approximate surface area is 173 Å². The van der Waals surface area contributed by atoms with Crippen LogP contribution in [0.3, 0.4) is 0 Å². The Hall–Kier alpha value is -1.87. The number of rotatable bonds is 8. The summed E-state index contributed by atoms with van der Waals surface area (Å²) in [5.74, 6) is -1.02. The van der Waals surface area contributed by atoms with Crippen LogP contribution in [0.15, 0.2) is 29.2 Å². The molecule has 0 unspecified atom stereocenters. The highest BCUT2D eigenvalue weighted by Crippen LogP contribution is 2.28. The van der Waals surface area contributed by atoms with E-state index in [2.05, 4.69) is 4.72 Å².